The molecule has 0 saturated carbocycles. The summed E-state index contributed by atoms with van der Waals surface area (Å²) in [6.07, 6.45) is 0. The third-order valence-corrected chi connectivity index (χ3v) is 3.47. The minimum Gasteiger partial charge on any atom is -0.399 e. The lowest BCUT2D eigenvalue weighted by Crippen LogP contribution is -2.12. The number of nitrogens with one attached hydrogen (secondary N) is 1. The predicted octanol–water partition coefficient (Wildman–Crippen LogP) is 3.85. The van der Waals surface area contributed by atoms with E-state index < -0.39 is 10.8 Å². The van der Waals surface area contributed by atoms with Gasteiger partial charge in [0.25, 0.3) is 11.6 Å². The maximum absolute atomic E-state index is 12.1. The highest BCUT2D eigenvalue weighted by molar-refractivity contribution is 9.10. The van der Waals surface area contributed by atoms with E-state index in [0.717, 1.165) is 0 Å². The summed E-state index contributed by atoms with van der Waals surface area (Å²) in [7, 11) is 0. The number of hydrogen-bond donors (Lipinski definition) is 2. The van der Waals surface area contributed by atoms with Gasteiger partial charge in [-0.1, -0.05) is 11.6 Å². The number of carbonyl (C=O) groups excluding carboxylic acids is 1. The number of benzene rings is 2. The number of hydrogen-bond acceptors (Lipinski definition) is 4. The second-order valence-electron chi connectivity index (χ2n) is 4.15. The van der Waals surface area contributed by atoms with Gasteiger partial charge in [-0.2, -0.15) is 0 Å². The molecule has 0 unspecified atom stereocenters. The number of nitrogens with zero attached hydrogens (tertiary/aromatic N) is 1. The molecule has 8 heteroatoms. The summed E-state index contributed by atoms with van der Waals surface area (Å²) in [5, 5.41) is 13.6. The van der Waals surface area contributed by atoms with Gasteiger partial charge >= 0.3 is 0 Å². The first-order chi connectivity index (χ1) is 9.86. The number of amides is 1. The fourth-order valence-corrected chi connectivity index (χ4v) is 2.37. The minimum absolute atomic E-state index is 0.0770. The van der Waals surface area contributed by atoms with E-state index in [-0.39, 0.29) is 5.69 Å². The Labute approximate surface area is 133 Å². The number of non-ortho nitro benzene ring substituents is 1. The number of nitro benzene ring substituents is 1. The van der Waals surface area contributed by atoms with E-state index in [9.17, 15) is 14.9 Å². The van der Waals surface area contributed by atoms with Crippen molar-refractivity contribution in [3.63, 3.8) is 0 Å². The first-order valence-corrected chi connectivity index (χ1v) is 6.85. The van der Waals surface area contributed by atoms with Crippen molar-refractivity contribution >= 4 is 50.5 Å². The Morgan fingerprint density at radius 2 is 2.00 bits per heavy atom. The molecule has 0 radical (unpaired) electrons. The van der Waals surface area contributed by atoms with Gasteiger partial charge in [0.05, 0.1) is 10.6 Å². The van der Waals surface area contributed by atoms with Crippen LogP contribution in [0.2, 0.25) is 5.02 Å². The lowest BCUT2D eigenvalue weighted by Gasteiger charge is -2.08. The average Bonchev–Trinajstić information content (AvgIpc) is 2.39. The second kappa shape index (κ2) is 6.11. The SMILES string of the molecule is Nc1cc(Cl)cc(C(=O)Nc2ccc([N+](=O)[O-])cc2Br)c1. The summed E-state index contributed by atoms with van der Waals surface area (Å²) >= 11 is 9.02. The summed E-state index contributed by atoms with van der Waals surface area (Å²) < 4.78 is 0.403. The fraction of sp³-hybridized carbons (Fsp3) is 0. The molecule has 1 amide bonds. The average molecular weight is 371 g/mol. The van der Waals surface area contributed by atoms with Crippen LogP contribution >= 0.6 is 27.5 Å². The van der Waals surface area contributed by atoms with Gasteiger partial charge < -0.3 is 11.1 Å². The van der Waals surface area contributed by atoms with E-state index in [0.29, 0.717) is 26.4 Å². The highest BCUT2D eigenvalue weighted by Gasteiger charge is 2.13. The topological polar surface area (TPSA) is 98.3 Å². The number of nitro groups is 1. The third-order valence-electron chi connectivity index (χ3n) is 2.59. The molecule has 0 atom stereocenters. The molecule has 108 valence electrons. The number of carbonyl (C=O) groups is 1. The summed E-state index contributed by atoms with van der Waals surface area (Å²) in [5.41, 5.74) is 6.62. The number of nitrogen functional groups attached to an aromatic ring is 1. The molecule has 2 aromatic rings. The maximum atomic E-state index is 12.1. The van der Waals surface area contributed by atoms with E-state index in [1.165, 1.54) is 36.4 Å². The fourth-order valence-electron chi connectivity index (χ4n) is 1.66. The van der Waals surface area contributed by atoms with Crippen molar-refractivity contribution in [3.05, 3.63) is 61.6 Å². The number of nitrogens with two attached hydrogens (primary N) is 1. The van der Waals surface area contributed by atoms with Crippen molar-refractivity contribution in [2.24, 2.45) is 0 Å². The molecule has 3 N–H and O–H groups in total. The van der Waals surface area contributed by atoms with Gasteiger partial charge in [-0.25, -0.2) is 0 Å². The van der Waals surface area contributed by atoms with Crippen LogP contribution in [0.3, 0.4) is 0 Å². The first kappa shape index (κ1) is 15.3. The summed E-state index contributed by atoms with van der Waals surface area (Å²) in [6.45, 7) is 0. The van der Waals surface area contributed by atoms with Gasteiger partial charge in [0.1, 0.15) is 0 Å². The van der Waals surface area contributed by atoms with Crippen LogP contribution in [0.1, 0.15) is 10.4 Å². The zero-order valence-corrected chi connectivity index (χ0v) is 12.8. The predicted molar refractivity (Wildman–Crippen MR) is 84.6 cm³/mol. The molecule has 2 aromatic carbocycles. The van der Waals surface area contributed by atoms with E-state index in [2.05, 4.69) is 21.2 Å². The van der Waals surface area contributed by atoms with E-state index >= 15 is 0 Å². The Hall–Kier alpha value is -2.12. The maximum Gasteiger partial charge on any atom is 0.270 e. The largest absolute Gasteiger partial charge is 0.399 e. The molecule has 0 aliphatic carbocycles. The van der Waals surface area contributed by atoms with Crippen molar-refractivity contribution in [1.29, 1.82) is 0 Å². The standard InChI is InChI=1S/C13H9BrClN3O3/c14-11-6-10(18(20)21)1-2-12(11)17-13(19)7-3-8(15)5-9(16)4-7/h1-6H,16H2,(H,17,19). The van der Waals surface area contributed by atoms with Crippen LogP contribution in [0.15, 0.2) is 40.9 Å². The summed E-state index contributed by atoms with van der Waals surface area (Å²) in [6, 6.07) is 8.54. The Balaban J connectivity index is 2.25. The van der Waals surface area contributed by atoms with Crippen molar-refractivity contribution < 1.29 is 9.72 Å². The molecule has 0 heterocycles. The molecule has 0 fully saturated rings. The van der Waals surface area contributed by atoms with Crippen LogP contribution in [-0.4, -0.2) is 10.8 Å². The zero-order chi connectivity index (χ0) is 15.6. The van der Waals surface area contributed by atoms with E-state index in [1.807, 2.05) is 0 Å². The van der Waals surface area contributed by atoms with Gasteiger partial charge in [-0.05, 0) is 40.2 Å². The number of rotatable bonds is 3. The van der Waals surface area contributed by atoms with Crippen molar-refractivity contribution in [3.8, 4) is 0 Å². The molecule has 6 nitrogen and oxygen atoms in total. The van der Waals surface area contributed by atoms with Crippen molar-refractivity contribution in [1.82, 2.24) is 0 Å². The van der Waals surface area contributed by atoms with Crippen LogP contribution in [0.25, 0.3) is 0 Å². The molecular formula is C13H9BrClN3O3. The second-order valence-corrected chi connectivity index (χ2v) is 5.44. The van der Waals surface area contributed by atoms with Crippen LogP contribution in [0.5, 0.6) is 0 Å². The van der Waals surface area contributed by atoms with Gasteiger partial charge in [-0.15, -0.1) is 0 Å². The Bertz CT molecular complexity index is 716. The van der Waals surface area contributed by atoms with E-state index in [4.69, 9.17) is 17.3 Å². The third kappa shape index (κ3) is 3.71. The molecule has 2 rings (SSSR count). The monoisotopic (exact) mass is 369 g/mol. The molecule has 0 saturated heterocycles. The molecule has 0 aromatic heterocycles. The lowest BCUT2D eigenvalue weighted by atomic mass is 10.2. The molecule has 0 bridgehead atoms. The molecular weight excluding hydrogens is 362 g/mol. The van der Waals surface area contributed by atoms with Gasteiger partial charge in [-0.3, -0.25) is 14.9 Å². The van der Waals surface area contributed by atoms with Crippen LogP contribution < -0.4 is 11.1 Å². The number of anilines is 2. The quantitative estimate of drug-likeness (QED) is 0.487. The van der Waals surface area contributed by atoms with Crippen molar-refractivity contribution in [2.45, 2.75) is 0 Å². The van der Waals surface area contributed by atoms with Gasteiger partial charge in [0.15, 0.2) is 0 Å². The minimum atomic E-state index is -0.520. The number of halogens is 2. The molecule has 21 heavy (non-hydrogen) atoms. The summed E-state index contributed by atoms with van der Waals surface area (Å²) in [5.74, 6) is -0.418. The molecule has 0 aliphatic rings. The van der Waals surface area contributed by atoms with Gasteiger partial charge in [0.2, 0.25) is 0 Å². The van der Waals surface area contributed by atoms with Crippen LogP contribution in [0.4, 0.5) is 17.1 Å². The van der Waals surface area contributed by atoms with Crippen molar-refractivity contribution in [2.75, 3.05) is 11.1 Å². The van der Waals surface area contributed by atoms with Crippen LogP contribution in [-0.2, 0) is 0 Å². The first-order valence-electron chi connectivity index (χ1n) is 5.68. The van der Waals surface area contributed by atoms with Crippen LogP contribution in [0, 0.1) is 10.1 Å². The Morgan fingerprint density at radius 1 is 1.29 bits per heavy atom. The summed E-state index contributed by atoms with van der Waals surface area (Å²) in [4.78, 5) is 22.2. The molecule has 0 spiro atoms. The molecule has 0 aliphatic heterocycles. The normalized spacial score (nSPS) is 10.2. The lowest BCUT2D eigenvalue weighted by molar-refractivity contribution is -0.384. The highest BCUT2D eigenvalue weighted by Crippen LogP contribution is 2.28. The smallest absolute Gasteiger partial charge is 0.270 e. The van der Waals surface area contributed by atoms with Gasteiger partial charge in [0, 0.05) is 32.9 Å². The highest BCUT2D eigenvalue weighted by atomic mass is 79.9. The Morgan fingerprint density at radius 3 is 2.57 bits per heavy atom. The Kier molecular flexibility index (Phi) is 4.44. The van der Waals surface area contributed by atoms with E-state index in [1.54, 1.807) is 0 Å². The zero-order valence-electron chi connectivity index (χ0n) is 10.5.